The number of thioether (sulfide) groups is 1. The Hall–Kier alpha value is -3.17. The summed E-state index contributed by atoms with van der Waals surface area (Å²) in [4.78, 5) is 26.6. The van der Waals surface area contributed by atoms with Crippen LogP contribution in [-0.2, 0) is 16.1 Å². The van der Waals surface area contributed by atoms with E-state index in [0.29, 0.717) is 37.4 Å². The van der Waals surface area contributed by atoms with Gasteiger partial charge in [0.2, 0.25) is 11.8 Å². The standard InChI is InChI=1S/C30H38F2N4O2S/c1-30(2,3)29(36(14-7-13-33)28(38)20-39-15-12-27(34)37)26-16-22(24-17-23(31)10-11-25(24)32)19-35(26)18-21-8-5-4-6-9-21/h4-6,8-11,16-17,19,29H,7,12-15,18,20,33H2,1-3H3,(H2,34,37)/t29-/m0/s1. The third-order valence-electron chi connectivity index (χ3n) is 6.42. The highest BCUT2D eigenvalue weighted by Crippen LogP contribution is 2.41. The van der Waals surface area contributed by atoms with E-state index < -0.39 is 23.0 Å². The summed E-state index contributed by atoms with van der Waals surface area (Å²) in [5.41, 5.74) is 13.2. The molecule has 0 fully saturated rings. The summed E-state index contributed by atoms with van der Waals surface area (Å²) in [7, 11) is 0. The predicted octanol–water partition coefficient (Wildman–Crippen LogP) is 5.35. The summed E-state index contributed by atoms with van der Waals surface area (Å²) < 4.78 is 31.0. The van der Waals surface area contributed by atoms with Crippen molar-refractivity contribution in [3.8, 4) is 11.1 Å². The fraction of sp³-hybridized carbons (Fsp3) is 0.400. The molecule has 3 rings (SSSR count). The highest BCUT2D eigenvalue weighted by atomic mass is 32.2. The molecule has 0 unspecified atom stereocenters. The van der Waals surface area contributed by atoms with Crippen LogP contribution in [0.3, 0.4) is 0 Å². The van der Waals surface area contributed by atoms with Gasteiger partial charge < -0.3 is 20.9 Å². The lowest BCUT2D eigenvalue weighted by Crippen LogP contribution is -2.44. The fourth-order valence-corrected chi connectivity index (χ4v) is 5.52. The molecule has 0 saturated carbocycles. The van der Waals surface area contributed by atoms with Gasteiger partial charge >= 0.3 is 0 Å². The third-order valence-corrected chi connectivity index (χ3v) is 7.36. The lowest BCUT2D eigenvalue weighted by atomic mass is 9.83. The van der Waals surface area contributed by atoms with Crippen molar-refractivity contribution in [3.05, 3.63) is 83.7 Å². The first-order valence-corrected chi connectivity index (χ1v) is 14.2. The minimum Gasteiger partial charge on any atom is -0.370 e. The lowest BCUT2D eigenvalue weighted by molar-refractivity contribution is -0.133. The van der Waals surface area contributed by atoms with Gasteiger partial charge in [0, 0.05) is 48.3 Å². The first-order valence-electron chi connectivity index (χ1n) is 13.1. The summed E-state index contributed by atoms with van der Waals surface area (Å²) in [5, 5.41) is 0. The topological polar surface area (TPSA) is 94.3 Å². The van der Waals surface area contributed by atoms with Crippen LogP contribution in [0.4, 0.5) is 8.78 Å². The third kappa shape index (κ3) is 8.41. The van der Waals surface area contributed by atoms with Crippen LogP contribution < -0.4 is 11.5 Å². The number of hydrogen-bond donors (Lipinski definition) is 2. The molecule has 0 aliphatic carbocycles. The van der Waals surface area contributed by atoms with Gasteiger partial charge in [-0.2, -0.15) is 11.8 Å². The van der Waals surface area contributed by atoms with Gasteiger partial charge in [-0.25, -0.2) is 8.78 Å². The normalized spacial score (nSPS) is 12.4. The number of halogens is 2. The highest BCUT2D eigenvalue weighted by molar-refractivity contribution is 7.99. The second-order valence-corrected chi connectivity index (χ2v) is 11.8. The molecule has 2 amide bonds. The van der Waals surface area contributed by atoms with E-state index >= 15 is 0 Å². The summed E-state index contributed by atoms with van der Waals surface area (Å²) in [6.07, 6.45) is 2.63. The van der Waals surface area contributed by atoms with Crippen LogP contribution >= 0.6 is 11.8 Å². The van der Waals surface area contributed by atoms with Gasteiger partial charge in [0.15, 0.2) is 0 Å². The molecule has 4 N–H and O–H groups in total. The molecule has 3 aromatic rings. The number of carbonyl (C=O) groups excluding carboxylic acids is 2. The van der Waals surface area contributed by atoms with E-state index in [9.17, 15) is 18.4 Å². The van der Waals surface area contributed by atoms with Crippen LogP contribution in [0.2, 0.25) is 0 Å². The lowest BCUT2D eigenvalue weighted by Gasteiger charge is -2.41. The Morgan fingerprint density at radius 3 is 2.44 bits per heavy atom. The average Bonchev–Trinajstić information content (AvgIpc) is 3.27. The molecule has 0 bridgehead atoms. The van der Waals surface area contributed by atoms with E-state index in [1.54, 1.807) is 0 Å². The van der Waals surface area contributed by atoms with Gasteiger partial charge in [0.25, 0.3) is 0 Å². The van der Waals surface area contributed by atoms with Crippen molar-refractivity contribution in [1.29, 1.82) is 0 Å². The Morgan fingerprint density at radius 2 is 1.79 bits per heavy atom. The molecular formula is C30H38F2N4O2S. The molecule has 9 heteroatoms. The number of aromatic nitrogens is 1. The van der Waals surface area contributed by atoms with Crippen LogP contribution in [-0.4, -0.2) is 45.9 Å². The van der Waals surface area contributed by atoms with E-state index in [2.05, 4.69) is 20.8 Å². The minimum atomic E-state index is -0.524. The number of benzene rings is 2. The number of primary amides is 1. The first kappa shape index (κ1) is 30.4. The van der Waals surface area contributed by atoms with Crippen molar-refractivity contribution in [1.82, 2.24) is 9.47 Å². The maximum absolute atomic E-state index is 14.9. The van der Waals surface area contributed by atoms with Crippen molar-refractivity contribution in [2.24, 2.45) is 16.9 Å². The number of carbonyl (C=O) groups is 2. The average molecular weight is 557 g/mol. The SMILES string of the molecule is CC(C)(C)[C@H](c1cc(-c2cc(F)ccc2F)cn1Cc1ccccc1)N(CCCN)C(=O)CSCCC(N)=O. The quantitative estimate of drug-likeness (QED) is 0.277. The van der Waals surface area contributed by atoms with Crippen LogP contribution in [0.15, 0.2) is 60.8 Å². The molecule has 39 heavy (non-hydrogen) atoms. The molecule has 0 spiro atoms. The van der Waals surface area contributed by atoms with E-state index in [-0.39, 0.29) is 29.7 Å². The molecule has 1 atom stereocenters. The smallest absolute Gasteiger partial charge is 0.233 e. The zero-order chi connectivity index (χ0) is 28.6. The van der Waals surface area contributed by atoms with Gasteiger partial charge in [-0.3, -0.25) is 9.59 Å². The molecule has 2 aromatic carbocycles. The van der Waals surface area contributed by atoms with Gasteiger partial charge in [-0.1, -0.05) is 51.1 Å². The van der Waals surface area contributed by atoms with Gasteiger partial charge in [0.05, 0.1) is 11.8 Å². The van der Waals surface area contributed by atoms with Gasteiger partial charge in [-0.05, 0) is 48.2 Å². The second-order valence-electron chi connectivity index (χ2n) is 10.7. The maximum atomic E-state index is 14.9. The van der Waals surface area contributed by atoms with Crippen molar-refractivity contribution >= 4 is 23.6 Å². The highest BCUT2D eigenvalue weighted by Gasteiger charge is 2.37. The maximum Gasteiger partial charge on any atom is 0.233 e. The summed E-state index contributed by atoms with van der Waals surface area (Å²) in [5.74, 6) is -0.880. The molecule has 210 valence electrons. The molecule has 0 saturated heterocycles. The largest absolute Gasteiger partial charge is 0.370 e. The zero-order valence-electron chi connectivity index (χ0n) is 22.8. The number of hydrogen-bond acceptors (Lipinski definition) is 4. The van der Waals surface area contributed by atoms with Crippen LogP contribution in [0, 0.1) is 17.0 Å². The number of nitrogens with two attached hydrogens (primary N) is 2. The van der Waals surface area contributed by atoms with Crippen molar-refractivity contribution in [3.63, 3.8) is 0 Å². The summed E-state index contributed by atoms with van der Waals surface area (Å²) >= 11 is 1.37. The predicted molar refractivity (Wildman–Crippen MR) is 154 cm³/mol. The van der Waals surface area contributed by atoms with E-state index in [1.165, 1.54) is 17.8 Å². The first-order chi connectivity index (χ1) is 18.5. The molecule has 1 aromatic heterocycles. The molecule has 1 heterocycles. The monoisotopic (exact) mass is 556 g/mol. The molecule has 0 radical (unpaired) electrons. The Labute approximate surface area is 233 Å². The van der Waals surface area contributed by atoms with Crippen LogP contribution in [0.5, 0.6) is 0 Å². The van der Waals surface area contributed by atoms with Crippen LogP contribution in [0.25, 0.3) is 11.1 Å². The van der Waals surface area contributed by atoms with E-state index in [0.717, 1.165) is 23.4 Å². The van der Waals surface area contributed by atoms with Crippen molar-refractivity contribution in [2.75, 3.05) is 24.6 Å². The number of nitrogens with zero attached hydrogens (tertiary/aromatic N) is 2. The van der Waals surface area contributed by atoms with Gasteiger partial charge in [-0.15, -0.1) is 0 Å². The molecule has 0 aliphatic heterocycles. The Morgan fingerprint density at radius 1 is 1.08 bits per heavy atom. The van der Waals surface area contributed by atoms with E-state index in [1.807, 2.05) is 52.1 Å². The Bertz CT molecular complexity index is 1260. The summed E-state index contributed by atoms with van der Waals surface area (Å²) in [6.45, 7) is 7.52. The Balaban J connectivity index is 2.10. The zero-order valence-corrected chi connectivity index (χ0v) is 23.6. The fourth-order valence-electron chi connectivity index (χ4n) is 4.69. The summed E-state index contributed by atoms with van der Waals surface area (Å²) in [6, 6.07) is 14.7. The van der Waals surface area contributed by atoms with Crippen LogP contribution in [0.1, 0.15) is 50.9 Å². The Kier molecular flexibility index (Phi) is 10.7. The number of rotatable bonds is 13. The number of amides is 2. The molecular weight excluding hydrogens is 518 g/mol. The van der Waals surface area contributed by atoms with Crippen molar-refractivity contribution in [2.45, 2.75) is 46.2 Å². The van der Waals surface area contributed by atoms with Crippen molar-refractivity contribution < 1.29 is 18.4 Å². The second kappa shape index (κ2) is 13.8. The van der Waals surface area contributed by atoms with Gasteiger partial charge in [0.1, 0.15) is 11.6 Å². The van der Waals surface area contributed by atoms with E-state index in [4.69, 9.17) is 11.5 Å². The minimum absolute atomic E-state index is 0.0798. The molecule has 0 aliphatic rings. The molecule has 6 nitrogen and oxygen atoms in total.